The zero-order chi connectivity index (χ0) is 17.2. The fourth-order valence-corrected chi connectivity index (χ4v) is 2.98. The Kier molecular flexibility index (Phi) is 7.50. The van der Waals surface area contributed by atoms with Gasteiger partial charge in [-0.05, 0) is 36.9 Å². The maximum Gasteiger partial charge on any atom is 0.306 e. The summed E-state index contributed by atoms with van der Waals surface area (Å²) in [6.45, 7) is 2.82. The standard InChI is InChI=1S/C21H27NO2/c1-2-17(21(23)24)11-9-10-16-22-20(18-12-5-3-6-13-18)19-14-7-4-8-15-19/h3-8,12-15,17,20,22H,2,9-11,16H2,1H3,(H,23,24). The highest BCUT2D eigenvalue weighted by Gasteiger charge is 2.15. The molecule has 128 valence electrons. The third-order valence-corrected chi connectivity index (χ3v) is 4.44. The number of carboxylic acids is 1. The van der Waals surface area contributed by atoms with Crippen LogP contribution in [-0.4, -0.2) is 17.6 Å². The highest BCUT2D eigenvalue weighted by molar-refractivity contribution is 5.69. The SMILES string of the molecule is CCC(CCCCNC(c1ccccc1)c1ccccc1)C(=O)O. The molecule has 0 saturated carbocycles. The predicted octanol–water partition coefficient (Wildman–Crippen LogP) is 4.65. The van der Waals surface area contributed by atoms with Crippen LogP contribution in [0.1, 0.15) is 49.8 Å². The van der Waals surface area contributed by atoms with E-state index in [1.54, 1.807) is 0 Å². The topological polar surface area (TPSA) is 49.3 Å². The molecule has 0 fully saturated rings. The van der Waals surface area contributed by atoms with Gasteiger partial charge in [-0.15, -0.1) is 0 Å². The first-order valence-electron chi connectivity index (χ1n) is 8.78. The molecule has 0 heterocycles. The molecular formula is C21H27NO2. The first kappa shape index (κ1) is 18.2. The number of carboxylic acid groups (broad SMARTS) is 1. The molecule has 0 aliphatic carbocycles. The van der Waals surface area contributed by atoms with Crippen molar-refractivity contribution >= 4 is 5.97 Å². The summed E-state index contributed by atoms with van der Waals surface area (Å²) in [5, 5.41) is 12.7. The minimum Gasteiger partial charge on any atom is -0.481 e. The molecule has 0 bridgehead atoms. The third-order valence-electron chi connectivity index (χ3n) is 4.44. The second kappa shape index (κ2) is 9.89. The fraction of sp³-hybridized carbons (Fsp3) is 0.381. The van der Waals surface area contributed by atoms with Crippen LogP contribution in [0.5, 0.6) is 0 Å². The number of hydrogen-bond acceptors (Lipinski definition) is 2. The smallest absolute Gasteiger partial charge is 0.306 e. The Labute approximate surface area is 144 Å². The molecule has 2 aromatic rings. The van der Waals surface area contributed by atoms with E-state index in [1.807, 2.05) is 19.1 Å². The van der Waals surface area contributed by atoms with Gasteiger partial charge < -0.3 is 10.4 Å². The van der Waals surface area contributed by atoms with E-state index in [1.165, 1.54) is 11.1 Å². The molecule has 0 radical (unpaired) electrons. The molecule has 0 aliphatic heterocycles. The van der Waals surface area contributed by atoms with Crippen LogP contribution >= 0.6 is 0 Å². The molecule has 0 aliphatic rings. The second-order valence-corrected chi connectivity index (χ2v) is 6.15. The lowest BCUT2D eigenvalue weighted by atomic mass is 9.97. The largest absolute Gasteiger partial charge is 0.481 e. The quantitative estimate of drug-likeness (QED) is 0.625. The zero-order valence-corrected chi connectivity index (χ0v) is 14.3. The zero-order valence-electron chi connectivity index (χ0n) is 14.3. The van der Waals surface area contributed by atoms with Crippen LogP contribution in [0.25, 0.3) is 0 Å². The molecule has 1 atom stereocenters. The van der Waals surface area contributed by atoms with Crippen LogP contribution in [0.15, 0.2) is 60.7 Å². The average Bonchev–Trinajstić information content (AvgIpc) is 2.62. The Hall–Kier alpha value is -2.13. The summed E-state index contributed by atoms with van der Waals surface area (Å²) >= 11 is 0. The molecule has 3 heteroatoms. The maximum atomic E-state index is 11.1. The van der Waals surface area contributed by atoms with Crippen LogP contribution in [-0.2, 0) is 4.79 Å². The highest BCUT2D eigenvalue weighted by Crippen LogP contribution is 2.22. The molecule has 3 nitrogen and oxygen atoms in total. The van der Waals surface area contributed by atoms with Gasteiger partial charge in [-0.25, -0.2) is 0 Å². The van der Waals surface area contributed by atoms with Gasteiger partial charge in [0.1, 0.15) is 0 Å². The molecule has 2 N–H and O–H groups in total. The summed E-state index contributed by atoms with van der Waals surface area (Å²) in [6, 6.07) is 21.0. The second-order valence-electron chi connectivity index (χ2n) is 6.15. The summed E-state index contributed by atoms with van der Waals surface area (Å²) in [4.78, 5) is 11.1. The van der Waals surface area contributed by atoms with Crippen molar-refractivity contribution in [3.05, 3.63) is 71.8 Å². The van der Waals surface area contributed by atoms with Crippen LogP contribution < -0.4 is 5.32 Å². The molecule has 1 unspecified atom stereocenters. The van der Waals surface area contributed by atoms with Crippen LogP contribution in [0, 0.1) is 5.92 Å². The normalized spacial score (nSPS) is 12.2. The average molecular weight is 325 g/mol. The molecule has 0 amide bonds. The Morgan fingerprint density at radius 3 is 1.96 bits per heavy atom. The molecule has 2 aromatic carbocycles. The maximum absolute atomic E-state index is 11.1. The lowest BCUT2D eigenvalue weighted by Crippen LogP contribution is -2.23. The monoisotopic (exact) mass is 325 g/mol. The van der Waals surface area contributed by atoms with Crippen molar-refractivity contribution in [2.45, 2.75) is 38.6 Å². The van der Waals surface area contributed by atoms with Gasteiger partial charge in [0.2, 0.25) is 0 Å². The predicted molar refractivity (Wildman–Crippen MR) is 98.0 cm³/mol. The number of aliphatic carboxylic acids is 1. The number of benzene rings is 2. The van der Waals surface area contributed by atoms with E-state index in [0.717, 1.165) is 25.8 Å². The Balaban J connectivity index is 1.89. The van der Waals surface area contributed by atoms with Gasteiger partial charge in [-0.3, -0.25) is 4.79 Å². The number of rotatable bonds is 10. The minimum absolute atomic E-state index is 0.175. The van der Waals surface area contributed by atoms with Crippen molar-refractivity contribution in [1.82, 2.24) is 5.32 Å². The van der Waals surface area contributed by atoms with E-state index in [0.29, 0.717) is 6.42 Å². The van der Waals surface area contributed by atoms with Crippen LogP contribution in [0.2, 0.25) is 0 Å². The number of nitrogens with one attached hydrogen (secondary N) is 1. The van der Waals surface area contributed by atoms with E-state index in [2.05, 4.69) is 53.8 Å². The molecule has 0 saturated heterocycles. The summed E-state index contributed by atoms with van der Waals surface area (Å²) in [7, 11) is 0. The Morgan fingerprint density at radius 1 is 0.958 bits per heavy atom. The molecular weight excluding hydrogens is 298 g/mol. The molecule has 0 spiro atoms. The Bertz CT molecular complexity index is 558. The fourth-order valence-electron chi connectivity index (χ4n) is 2.98. The van der Waals surface area contributed by atoms with Gasteiger partial charge in [0, 0.05) is 0 Å². The number of carbonyl (C=O) groups is 1. The van der Waals surface area contributed by atoms with Gasteiger partial charge in [0.15, 0.2) is 0 Å². The van der Waals surface area contributed by atoms with Gasteiger partial charge in [0.25, 0.3) is 0 Å². The summed E-state index contributed by atoms with van der Waals surface area (Å²) in [5.41, 5.74) is 2.50. The molecule has 24 heavy (non-hydrogen) atoms. The van der Waals surface area contributed by atoms with Crippen molar-refractivity contribution < 1.29 is 9.90 Å². The van der Waals surface area contributed by atoms with Crippen LogP contribution in [0.4, 0.5) is 0 Å². The van der Waals surface area contributed by atoms with Crippen molar-refractivity contribution in [3.63, 3.8) is 0 Å². The summed E-state index contributed by atoms with van der Waals surface area (Å²) < 4.78 is 0. The van der Waals surface area contributed by atoms with Gasteiger partial charge in [-0.2, -0.15) is 0 Å². The van der Waals surface area contributed by atoms with E-state index in [-0.39, 0.29) is 12.0 Å². The van der Waals surface area contributed by atoms with E-state index < -0.39 is 5.97 Å². The molecule has 0 aromatic heterocycles. The van der Waals surface area contributed by atoms with E-state index >= 15 is 0 Å². The van der Waals surface area contributed by atoms with Gasteiger partial charge in [0.05, 0.1) is 12.0 Å². The lowest BCUT2D eigenvalue weighted by Gasteiger charge is -2.20. The summed E-state index contributed by atoms with van der Waals surface area (Å²) in [5.74, 6) is -0.874. The van der Waals surface area contributed by atoms with Crippen molar-refractivity contribution in [1.29, 1.82) is 0 Å². The van der Waals surface area contributed by atoms with Gasteiger partial charge >= 0.3 is 5.97 Å². The van der Waals surface area contributed by atoms with E-state index in [4.69, 9.17) is 5.11 Å². The number of hydrogen-bond donors (Lipinski definition) is 2. The molecule has 2 rings (SSSR count). The first-order valence-corrected chi connectivity index (χ1v) is 8.78. The van der Waals surface area contributed by atoms with Crippen molar-refractivity contribution in [2.24, 2.45) is 5.92 Å². The minimum atomic E-state index is -0.670. The third kappa shape index (κ3) is 5.50. The Morgan fingerprint density at radius 2 is 1.50 bits per heavy atom. The van der Waals surface area contributed by atoms with Crippen LogP contribution in [0.3, 0.4) is 0 Å². The first-order chi connectivity index (χ1) is 11.7. The van der Waals surface area contributed by atoms with Gasteiger partial charge in [-0.1, -0.05) is 74.0 Å². The summed E-state index contributed by atoms with van der Waals surface area (Å²) in [6.07, 6.45) is 3.39. The lowest BCUT2D eigenvalue weighted by molar-refractivity contribution is -0.142. The number of unbranched alkanes of at least 4 members (excludes halogenated alkanes) is 1. The highest BCUT2D eigenvalue weighted by atomic mass is 16.4. The van der Waals surface area contributed by atoms with Crippen molar-refractivity contribution in [2.75, 3.05) is 6.54 Å². The van der Waals surface area contributed by atoms with Crippen molar-refractivity contribution in [3.8, 4) is 0 Å². The van der Waals surface area contributed by atoms with E-state index in [9.17, 15) is 4.79 Å².